The van der Waals surface area contributed by atoms with Crippen LogP contribution in [-0.4, -0.2) is 23.3 Å². The number of aromatic hydroxyl groups is 1. The molecule has 4 N–H and O–H groups in total. The van der Waals surface area contributed by atoms with Crippen molar-refractivity contribution in [1.82, 2.24) is 0 Å². The first-order valence-electron chi connectivity index (χ1n) is 7.54. The summed E-state index contributed by atoms with van der Waals surface area (Å²) in [7, 11) is 0. The molecule has 1 aliphatic carbocycles. The number of hydrogen-bond donors (Lipinski definition) is 3. The van der Waals surface area contributed by atoms with Crippen LogP contribution in [0.5, 0.6) is 5.75 Å². The first kappa shape index (κ1) is 16.6. The molecule has 0 bridgehead atoms. The van der Waals surface area contributed by atoms with Crippen molar-refractivity contribution in [2.24, 2.45) is 11.1 Å². The number of carbonyl (C=O) groups excluding carboxylic acids is 1. The van der Waals surface area contributed by atoms with Crippen LogP contribution in [0, 0.1) is 5.41 Å². The van der Waals surface area contributed by atoms with Gasteiger partial charge in [-0.05, 0) is 50.3 Å². The molecule has 1 unspecified atom stereocenters. The smallest absolute Gasteiger partial charge is 0.412 e. The third-order valence-corrected chi connectivity index (χ3v) is 4.45. The molecule has 1 atom stereocenters. The summed E-state index contributed by atoms with van der Waals surface area (Å²) in [5.41, 5.74) is 6.80. The molecule has 1 amide bonds. The van der Waals surface area contributed by atoms with Crippen LogP contribution in [0.2, 0.25) is 0 Å². The van der Waals surface area contributed by atoms with Crippen molar-refractivity contribution in [2.45, 2.75) is 52.1 Å². The molecule has 1 aromatic rings. The molecule has 5 nitrogen and oxygen atoms in total. The lowest BCUT2D eigenvalue weighted by molar-refractivity contribution is 0.0635. The SMILES string of the molecule is CC(C)(C)OC(=O)Nc1cc(C2(CN)CC2(C)C)ccc1O. The molecule has 0 heterocycles. The Labute approximate surface area is 131 Å². The molecule has 0 spiro atoms. The maximum absolute atomic E-state index is 11.9. The molecule has 0 radical (unpaired) electrons. The van der Waals surface area contributed by atoms with Crippen molar-refractivity contribution in [2.75, 3.05) is 11.9 Å². The first-order chi connectivity index (χ1) is 10.0. The summed E-state index contributed by atoms with van der Waals surface area (Å²) < 4.78 is 5.22. The number of nitrogens with two attached hydrogens (primary N) is 1. The van der Waals surface area contributed by atoms with Gasteiger partial charge < -0.3 is 15.6 Å². The Morgan fingerprint density at radius 3 is 2.45 bits per heavy atom. The number of phenolic OH excluding ortho intramolecular Hbond substituents is 1. The Balaban J connectivity index is 2.24. The molecule has 1 saturated carbocycles. The summed E-state index contributed by atoms with van der Waals surface area (Å²) >= 11 is 0. The molecular formula is C17H26N2O3. The Morgan fingerprint density at radius 2 is 2.00 bits per heavy atom. The number of hydrogen-bond acceptors (Lipinski definition) is 4. The van der Waals surface area contributed by atoms with Crippen LogP contribution in [0.15, 0.2) is 18.2 Å². The Kier molecular flexibility index (Phi) is 3.90. The van der Waals surface area contributed by atoms with Crippen molar-refractivity contribution in [3.05, 3.63) is 23.8 Å². The number of benzene rings is 1. The highest BCUT2D eigenvalue weighted by atomic mass is 16.6. The quantitative estimate of drug-likeness (QED) is 0.748. The third-order valence-electron chi connectivity index (χ3n) is 4.45. The second kappa shape index (κ2) is 5.16. The number of nitrogens with one attached hydrogen (secondary N) is 1. The zero-order valence-corrected chi connectivity index (χ0v) is 14.0. The lowest BCUT2D eigenvalue weighted by atomic mass is 9.87. The van der Waals surface area contributed by atoms with Gasteiger partial charge in [-0.3, -0.25) is 5.32 Å². The van der Waals surface area contributed by atoms with E-state index in [1.165, 1.54) is 0 Å². The number of phenols is 1. The van der Waals surface area contributed by atoms with Crippen molar-refractivity contribution in [3.63, 3.8) is 0 Å². The minimum Gasteiger partial charge on any atom is -0.506 e. The molecule has 1 aliphatic rings. The topological polar surface area (TPSA) is 84.6 Å². The average Bonchev–Trinajstić information content (AvgIpc) is 2.93. The molecule has 0 aromatic heterocycles. The second-order valence-corrected chi connectivity index (χ2v) is 7.71. The van der Waals surface area contributed by atoms with E-state index in [2.05, 4.69) is 19.2 Å². The molecule has 0 aliphatic heterocycles. The molecule has 0 saturated heterocycles. The van der Waals surface area contributed by atoms with Crippen molar-refractivity contribution in [1.29, 1.82) is 0 Å². The number of amides is 1. The van der Waals surface area contributed by atoms with Gasteiger partial charge in [0, 0.05) is 12.0 Å². The van der Waals surface area contributed by atoms with Gasteiger partial charge in [-0.1, -0.05) is 19.9 Å². The second-order valence-electron chi connectivity index (χ2n) is 7.71. The van der Waals surface area contributed by atoms with Crippen LogP contribution in [0.3, 0.4) is 0 Å². The van der Waals surface area contributed by atoms with E-state index in [0.717, 1.165) is 12.0 Å². The fourth-order valence-corrected chi connectivity index (χ4v) is 3.02. The standard InChI is InChI=1S/C17H26N2O3/c1-15(2,3)22-14(21)19-12-8-11(6-7-13(12)20)17(10-18)9-16(17,4)5/h6-8,20H,9-10,18H2,1-5H3,(H,19,21). The third kappa shape index (κ3) is 3.04. The number of carbonyl (C=O) groups is 1. The van der Waals surface area contributed by atoms with E-state index in [1.807, 2.05) is 6.07 Å². The van der Waals surface area contributed by atoms with E-state index in [9.17, 15) is 9.90 Å². The van der Waals surface area contributed by atoms with Gasteiger partial charge in [-0.2, -0.15) is 0 Å². The molecule has 122 valence electrons. The Morgan fingerprint density at radius 1 is 1.41 bits per heavy atom. The maximum Gasteiger partial charge on any atom is 0.412 e. The normalized spacial score (nSPS) is 23.0. The average molecular weight is 306 g/mol. The Hall–Kier alpha value is -1.75. The number of ether oxygens (including phenoxy) is 1. The van der Waals surface area contributed by atoms with Gasteiger partial charge in [0.25, 0.3) is 0 Å². The van der Waals surface area contributed by atoms with E-state index >= 15 is 0 Å². The van der Waals surface area contributed by atoms with Crippen LogP contribution in [0.1, 0.15) is 46.6 Å². The van der Waals surface area contributed by atoms with Crippen LogP contribution in [0.25, 0.3) is 0 Å². The summed E-state index contributed by atoms with van der Waals surface area (Å²) in [5, 5.41) is 12.6. The van der Waals surface area contributed by atoms with Gasteiger partial charge in [0.1, 0.15) is 11.4 Å². The number of anilines is 1. The zero-order valence-electron chi connectivity index (χ0n) is 14.0. The minimum absolute atomic E-state index is 0.0141. The van der Waals surface area contributed by atoms with E-state index in [-0.39, 0.29) is 16.6 Å². The predicted octanol–water partition coefficient (Wildman–Crippen LogP) is 3.37. The van der Waals surface area contributed by atoms with Crippen molar-refractivity contribution in [3.8, 4) is 5.75 Å². The molecule has 5 heteroatoms. The zero-order chi connectivity index (χ0) is 16.8. The van der Waals surface area contributed by atoms with E-state index in [0.29, 0.717) is 12.2 Å². The summed E-state index contributed by atoms with van der Waals surface area (Å²) in [6.07, 6.45) is 0.407. The summed E-state index contributed by atoms with van der Waals surface area (Å²) in [6.45, 7) is 10.3. The molecule has 1 fully saturated rings. The van der Waals surface area contributed by atoms with Gasteiger partial charge >= 0.3 is 6.09 Å². The van der Waals surface area contributed by atoms with E-state index in [1.54, 1.807) is 32.9 Å². The molecule has 1 aromatic carbocycles. The molecular weight excluding hydrogens is 280 g/mol. The van der Waals surface area contributed by atoms with Crippen LogP contribution in [-0.2, 0) is 10.2 Å². The van der Waals surface area contributed by atoms with E-state index in [4.69, 9.17) is 10.5 Å². The molecule has 22 heavy (non-hydrogen) atoms. The van der Waals surface area contributed by atoms with Gasteiger partial charge in [0.15, 0.2) is 0 Å². The highest BCUT2D eigenvalue weighted by Gasteiger charge is 2.61. The summed E-state index contributed by atoms with van der Waals surface area (Å²) in [5.74, 6) is 0.0141. The lowest BCUT2D eigenvalue weighted by Crippen LogP contribution is -2.28. The fraction of sp³-hybridized carbons (Fsp3) is 0.588. The van der Waals surface area contributed by atoms with Crippen LogP contribution in [0.4, 0.5) is 10.5 Å². The summed E-state index contributed by atoms with van der Waals surface area (Å²) in [6, 6.07) is 5.26. The summed E-state index contributed by atoms with van der Waals surface area (Å²) in [4.78, 5) is 11.9. The first-order valence-corrected chi connectivity index (χ1v) is 7.54. The van der Waals surface area contributed by atoms with Gasteiger partial charge in [-0.25, -0.2) is 4.79 Å². The molecule has 2 rings (SSSR count). The van der Waals surface area contributed by atoms with Gasteiger partial charge in [0.05, 0.1) is 5.69 Å². The predicted molar refractivity (Wildman–Crippen MR) is 87.1 cm³/mol. The van der Waals surface area contributed by atoms with Crippen LogP contribution >= 0.6 is 0 Å². The lowest BCUT2D eigenvalue weighted by Gasteiger charge is -2.22. The largest absolute Gasteiger partial charge is 0.506 e. The highest BCUT2D eigenvalue weighted by Crippen LogP contribution is 2.64. The highest BCUT2D eigenvalue weighted by molar-refractivity contribution is 5.87. The fourth-order valence-electron chi connectivity index (χ4n) is 3.02. The van der Waals surface area contributed by atoms with Gasteiger partial charge in [0.2, 0.25) is 0 Å². The van der Waals surface area contributed by atoms with Crippen molar-refractivity contribution < 1.29 is 14.6 Å². The Bertz CT molecular complexity index is 590. The van der Waals surface area contributed by atoms with Crippen molar-refractivity contribution >= 4 is 11.8 Å². The van der Waals surface area contributed by atoms with E-state index < -0.39 is 11.7 Å². The number of rotatable bonds is 3. The monoisotopic (exact) mass is 306 g/mol. The minimum atomic E-state index is -0.589. The van der Waals surface area contributed by atoms with Crippen LogP contribution < -0.4 is 11.1 Å². The van der Waals surface area contributed by atoms with Gasteiger partial charge in [-0.15, -0.1) is 0 Å². The maximum atomic E-state index is 11.9.